The van der Waals surface area contributed by atoms with E-state index in [1.54, 1.807) is 60.7 Å². The Balaban J connectivity index is 0.661. The van der Waals surface area contributed by atoms with Crippen molar-refractivity contribution in [2.75, 3.05) is 118 Å². The molecular formula is C50H72ClN11O9S2. The number of fused-ring (bicyclic) bond motifs is 1. The first-order valence-corrected chi connectivity index (χ1v) is 28.9. The molecule has 3 fully saturated rings. The van der Waals surface area contributed by atoms with Gasteiger partial charge in [0.05, 0.1) is 53.9 Å². The van der Waals surface area contributed by atoms with E-state index in [0.717, 1.165) is 82.9 Å². The largest absolute Gasteiger partial charge is 0.484 e. The van der Waals surface area contributed by atoms with E-state index in [0.29, 0.717) is 108 Å². The molecule has 0 unspecified atom stereocenters. The van der Waals surface area contributed by atoms with E-state index in [4.69, 9.17) is 25.8 Å². The highest BCUT2D eigenvalue weighted by atomic mass is 35.5. The first-order chi connectivity index (χ1) is 35.4. The maximum Gasteiger partial charge on any atom is 0.314 e. The van der Waals surface area contributed by atoms with Gasteiger partial charge in [-0.1, -0.05) is 29.8 Å². The number of nitrogens with zero attached hydrogens (tertiary/aromatic N) is 4. The van der Waals surface area contributed by atoms with Gasteiger partial charge in [0.2, 0.25) is 20.0 Å². The monoisotopic (exact) mass is 1070 g/mol. The van der Waals surface area contributed by atoms with Gasteiger partial charge in [-0.2, -0.15) is 5.26 Å². The van der Waals surface area contributed by atoms with E-state index in [-0.39, 0.29) is 46.1 Å². The first kappa shape index (κ1) is 56.1. The summed E-state index contributed by atoms with van der Waals surface area (Å²) < 4.78 is 75.8. The quantitative estimate of drug-likeness (QED) is 0.0572. The fourth-order valence-corrected chi connectivity index (χ4v) is 12.5. The zero-order valence-corrected chi connectivity index (χ0v) is 43.9. The Morgan fingerprint density at radius 2 is 1.18 bits per heavy atom. The summed E-state index contributed by atoms with van der Waals surface area (Å²) >= 11 is 6.44. The third-order valence-electron chi connectivity index (χ3n) is 13.7. The lowest BCUT2D eigenvalue weighted by molar-refractivity contribution is 0.0693. The lowest BCUT2D eigenvalue weighted by atomic mass is 10.0. The Kier molecular flexibility index (Phi) is 21.8. The number of carbonyl (C=O) groups is 2. The number of benzene rings is 3. The summed E-state index contributed by atoms with van der Waals surface area (Å²) in [7, 11) is -7.28. The Morgan fingerprint density at radius 3 is 1.70 bits per heavy atom. The molecule has 1 aliphatic carbocycles. The highest BCUT2D eigenvalue weighted by molar-refractivity contribution is 7.89. The molecule has 0 bridgehead atoms. The zero-order valence-electron chi connectivity index (χ0n) is 41.5. The van der Waals surface area contributed by atoms with Crippen LogP contribution in [0.4, 0.5) is 9.59 Å². The van der Waals surface area contributed by atoms with E-state index in [2.05, 4.69) is 56.8 Å². The van der Waals surface area contributed by atoms with Crippen LogP contribution in [0.3, 0.4) is 0 Å². The molecule has 3 saturated heterocycles. The molecule has 3 aromatic rings. The topological polar surface area (TPSA) is 248 Å². The SMILES string of the molecule is N#Cc1cc(Cl)cc2c1C[C@H](N1CCNCC1)[C@H]2Oc1ccc(S(=O)(=O)NC2CCN(CCOCCNC(=O)NCCCCNC(=O)NCCOCCN3CCC(NS(=O)(=O)c4ccccc4)CC3)CC2)cc1. The van der Waals surface area contributed by atoms with E-state index < -0.39 is 20.0 Å². The second-order valence-electron chi connectivity index (χ2n) is 18.8. The third kappa shape index (κ3) is 17.5. The highest BCUT2D eigenvalue weighted by Gasteiger charge is 2.40. The Bertz CT molecular complexity index is 2490. The number of rotatable bonds is 26. The van der Waals surface area contributed by atoms with Crippen molar-refractivity contribution in [3.8, 4) is 11.8 Å². The number of halogens is 1. The van der Waals surface area contributed by atoms with Crippen LogP contribution in [0.15, 0.2) is 76.5 Å². The van der Waals surface area contributed by atoms with Crippen molar-refractivity contribution in [3.63, 3.8) is 0 Å². The van der Waals surface area contributed by atoms with E-state index in [9.17, 15) is 31.7 Å². The molecular weight excluding hydrogens is 998 g/mol. The summed E-state index contributed by atoms with van der Waals surface area (Å²) in [5.74, 6) is 0.542. The molecule has 73 heavy (non-hydrogen) atoms. The van der Waals surface area contributed by atoms with Crippen molar-refractivity contribution in [1.82, 2.24) is 50.7 Å². The van der Waals surface area contributed by atoms with Crippen molar-refractivity contribution in [2.24, 2.45) is 0 Å². The molecule has 0 saturated carbocycles. The minimum absolute atomic E-state index is 0.0182. The molecule has 400 valence electrons. The lowest BCUT2D eigenvalue weighted by Crippen LogP contribution is -2.50. The number of piperidine rings is 2. The normalized spacial score (nSPS) is 19.5. The maximum absolute atomic E-state index is 13.4. The highest BCUT2D eigenvalue weighted by Crippen LogP contribution is 2.41. The predicted molar refractivity (Wildman–Crippen MR) is 278 cm³/mol. The molecule has 3 aliphatic heterocycles. The molecule has 23 heteroatoms. The lowest BCUT2D eigenvalue weighted by Gasteiger charge is -2.36. The summed E-state index contributed by atoms with van der Waals surface area (Å²) in [5.41, 5.74) is 2.41. The predicted octanol–water partition coefficient (Wildman–Crippen LogP) is 2.76. The fourth-order valence-electron chi connectivity index (χ4n) is 9.65. The third-order valence-corrected chi connectivity index (χ3v) is 17.0. The molecule has 2 atom stereocenters. The number of nitrogens with one attached hydrogen (secondary N) is 7. The summed E-state index contributed by atoms with van der Waals surface area (Å²) in [4.78, 5) is 31.7. The minimum atomic E-state index is -3.77. The van der Waals surface area contributed by atoms with Gasteiger partial charge in [-0.05, 0) is 131 Å². The van der Waals surface area contributed by atoms with Gasteiger partial charge in [-0.15, -0.1) is 0 Å². The number of urea groups is 2. The van der Waals surface area contributed by atoms with Crippen LogP contribution in [0.5, 0.6) is 5.75 Å². The average Bonchev–Trinajstić information content (AvgIpc) is 3.75. The molecule has 20 nitrogen and oxygen atoms in total. The van der Waals surface area contributed by atoms with E-state index in [1.807, 2.05) is 6.07 Å². The second kappa shape index (κ2) is 28.3. The summed E-state index contributed by atoms with van der Waals surface area (Å²) in [6.07, 6.45) is 4.51. The first-order valence-electron chi connectivity index (χ1n) is 25.5. The molecule has 4 aliphatic rings. The van der Waals surface area contributed by atoms with E-state index in [1.165, 1.54) is 0 Å². The number of ether oxygens (including phenoxy) is 3. The average molecular weight is 1070 g/mol. The number of piperazine rings is 1. The Morgan fingerprint density at radius 1 is 0.671 bits per heavy atom. The van der Waals surface area contributed by atoms with Gasteiger partial charge in [-0.3, -0.25) is 4.90 Å². The number of nitriles is 1. The van der Waals surface area contributed by atoms with Gasteiger partial charge in [0.15, 0.2) is 0 Å². The smallest absolute Gasteiger partial charge is 0.314 e. The van der Waals surface area contributed by atoms with Crippen LogP contribution >= 0.6 is 11.6 Å². The number of sulfonamides is 2. The van der Waals surface area contributed by atoms with Crippen molar-refractivity contribution in [2.45, 2.75) is 79.0 Å². The molecule has 0 spiro atoms. The summed E-state index contributed by atoms with van der Waals surface area (Å²) in [5, 5.41) is 24.9. The molecule has 3 aromatic carbocycles. The Labute approximate surface area is 435 Å². The van der Waals surface area contributed by atoms with Gasteiger partial charge >= 0.3 is 12.1 Å². The molecule has 0 radical (unpaired) electrons. The zero-order chi connectivity index (χ0) is 51.5. The number of hydrogen-bond acceptors (Lipinski definition) is 14. The van der Waals surface area contributed by atoms with Gasteiger partial charge < -0.3 is 50.6 Å². The number of hydrogen-bond donors (Lipinski definition) is 7. The van der Waals surface area contributed by atoms with E-state index >= 15 is 0 Å². The van der Waals surface area contributed by atoms with Crippen LogP contribution < -0.4 is 40.8 Å². The van der Waals surface area contributed by atoms with Crippen LogP contribution in [-0.2, 0) is 35.9 Å². The van der Waals surface area contributed by atoms with Gasteiger partial charge in [0.1, 0.15) is 11.9 Å². The summed E-state index contributed by atoms with van der Waals surface area (Å²) in [6.45, 7) is 11.3. The van der Waals surface area contributed by atoms with Crippen LogP contribution in [-0.4, -0.2) is 180 Å². The van der Waals surface area contributed by atoms with Crippen molar-refractivity contribution in [1.29, 1.82) is 5.26 Å². The van der Waals surface area contributed by atoms with Crippen LogP contribution in [0.2, 0.25) is 5.02 Å². The van der Waals surface area contributed by atoms with Crippen LogP contribution in [0, 0.1) is 11.3 Å². The molecule has 3 heterocycles. The van der Waals surface area contributed by atoms with Crippen molar-refractivity contribution < 1.29 is 40.6 Å². The number of unbranched alkanes of at least 4 members (excludes halogenated alkanes) is 1. The van der Waals surface area contributed by atoms with Gasteiger partial charge in [0.25, 0.3) is 0 Å². The second-order valence-corrected chi connectivity index (χ2v) is 22.6. The molecule has 4 amide bonds. The molecule has 7 N–H and O–H groups in total. The van der Waals surface area contributed by atoms with Gasteiger partial charge in [-0.25, -0.2) is 35.9 Å². The van der Waals surface area contributed by atoms with Crippen LogP contribution in [0.1, 0.15) is 61.3 Å². The van der Waals surface area contributed by atoms with Crippen LogP contribution in [0.25, 0.3) is 0 Å². The van der Waals surface area contributed by atoms with Crippen molar-refractivity contribution >= 4 is 43.7 Å². The fraction of sp³-hybridized carbons (Fsp3) is 0.580. The molecule has 7 rings (SSSR count). The number of likely N-dealkylation sites (tertiary alicyclic amines) is 2. The summed E-state index contributed by atoms with van der Waals surface area (Å²) in [6, 6.07) is 20.0. The Hall–Kier alpha value is -4.64. The number of carbonyl (C=O) groups excluding carboxylic acids is 2. The maximum atomic E-state index is 13.4. The molecule has 0 aromatic heterocycles. The van der Waals surface area contributed by atoms with Crippen molar-refractivity contribution in [3.05, 3.63) is 88.4 Å². The van der Waals surface area contributed by atoms with Gasteiger partial charge in [0, 0.05) is 82.6 Å². The standard InChI is InChI=1S/C50H72ClN11O9S2/c51-39-34-38(37-52)45-36-47(62-26-18-53-19-27-62)48(46(45)35-39)71-42-8-10-44(11-9-42)73(67,68)59-41-14-24-61(25-15-41)29-33-70-31-21-57-50(64)55-17-5-4-16-54-49(63)56-20-30-69-32-28-60-22-12-40(13-23-60)58-72(65,66)43-6-2-1-3-7-43/h1-3,6-11,34-35,40-41,47-48,53,58-59H,4-5,12-33,36H2,(H2,54,56,63)(H2,55,57,64)/t47-,48-/m0/s1. The minimum Gasteiger partial charge on any atom is -0.484 e. The number of amides is 4.